The lowest BCUT2D eigenvalue weighted by molar-refractivity contribution is 1.12. The van der Waals surface area contributed by atoms with Gasteiger partial charge in [-0.25, -0.2) is 0 Å². The zero-order chi connectivity index (χ0) is 12.8. The molecule has 0 unspecified atom stereocenters. The molecule has 0 saturated heterocycles. The van der Waals surface area contributed by atoms with Gasteiger partial charge in [-0.1, -0.05) is 24.3 Å². The molecule has 0 aromatic heterocycles. The molecular weight excluding hydrogens is 258 g/mol. The summed E-state index contributed by atoms with van der Waals surface area (Å²) >= 11 is 3.55. The molecule has 0 saturated carbocycles. The molecule has 0 aliphatic rings. The second-order valence-electron chi connectivity index (χ2n) is 3.90. The summed E-state index contributed by atoms with van der Waals surface area (Å²) in [7, 11) is 0. The van der Waals surface area contributed by atoms with Crippen molar-refractivity contribution in [3.8, 4) is 0 Å². The van der Waals surface area contributed by atoms with Crippen molar-refractivity contribution in [1.82, 2.24) is 0 Å². The second-order valence-corrected chi connectivity index (χ2v) is 5.63. The lowest BCUT2D eigenvalue weighted by Crippen LogP contribution is -2.00. The Bertz CT molecular complexity index is 494. The first-order valence-electron chi connectivity index (χ1n) is 5.83. The summed E-state index contributed by atoms with van der Waals surface area (Å²) in [6.45, 7) is 0.867. The summed E-state index contributed by atoms with van der Waals surface area (Å²) in [5, 5.41) is 3.49. The molecule has 2 rings (SSSR count). The van der Waals surface area contributed by atoms with Crippen LogP contribution in [0.4, 0.5) is 5.69 Å². The van der Waals surface area contributed by atoms with Crippen molar-refractivity contribution in [3.05, 3.63) is 54.1 Å². The fraction of sp³-hybridized carbons (Fsp3) is 0.200. The molecule has 1 nitrogen and oxygen atoms in total. The summed E-state index contributed by atoms with van der Waals surface area (Å²) < 4.78 is 0. The summed E-state index contributed by atoms with van der Waals surface area (Å²) in [6, 6.07) is 17.1. The Labute approximate surface area is 117 Å². The van der Waals surface area contributed by atoms with Gasteiger partial charge in [-0.15, -0.1) is 23.5 Å². The van der Waals surface area contributed by atoms with E-state index in [-0.39, 0.29) is 0 Å². The maximum absolute atomic E-state index is 3.49. The first-order chi connectivity index (χ1) is 8.83. The topological polar surface area (TPSA) is 12.0 Å². The van der Waals surface area contributed by atoms with E-state index in [0.29, 0.717) is 0 Å². The quantitative estimate of drug-likeness (QED) is 0.791. The molecule has 0 heterocycles. The van der Waals surface area contributed by atoms with Crippen LogP contribution < -0.4 is 5.32 Å². The molecule has 0 bridgehead atoms. The summed E-state index contributed by atoms with van der Waals surface area (Å²) in [4.78, 5) is 2.60. The van der Waals surface area contributed by atoms with Gasteiger partial charge in [0.2, 0.25) is 0 Å². The third-order valence-corrected chi connectivity index (χ3v) is 4.29. The van der Waals surface area contributed by atoms with Crippen molar-refractivity contribution in [3.63, 3.8) is 0 Å². The highest BCUT2D eigenvalue weighted by molar-refractivity contribution is 7.99. The number of rotatable bonds is 5. The van der Waals surface area contributed by atoms with Crippen LogP contribution in [-0.4, -0.2) is 12.5 Å². The van der Waals surface area contributed by atoms with E-state index >= 15 is 0 Å². The summed E-state index contributed by atoms with van der Waals surface area (Å²) in [5.41, 5.74) is 2.52. The third-order valence-electron chi connectivity index (χ3n) is 2.75. The predicted octanol–water partition coefficient (Wildman–Crippen LogP) is 4.74. The van der Waals surface area contributed by atoms with Crippen molar-refractivity contribution < 1.29 is 0 Å². The Morgan fingerprint density at radius 1 is 0.889 bits per heavy atom. The van der Waals surface area contributed by atoms with Gasteiger partial charge in [0.05, 0.1) is 0 Å². The maximum atomic E-state index is 3.49. The molecule has 1 N–H and O–H groups in total. The Morgan fingerprint density at radius 2 is 1.61 bits per heavy atom. The van der Waals surface area contributed by atoms with E-state index in [2.05, 4.69) is 66.4 Å². The Morgan fingerprint density at radius 3 is 2.28 bits per heavy atom. The molecule has 0 spiro atoms. The van der Waals surface area contributed by atoms with Gasteiger partial charge in [0.1, 0.15) is 0 Å². The molecule has 2 aromatic rings. The predicted molar refractivity (Wildman–Crippen MR) is 83.8 cm³/mol. The Balaban J connectivity index is 2.02. The molecule has 0 amide bonds. The first kappa shape index (κ1) is 13.4. The molecule has 2 aromatic carbocycles. The SMILES string of the molecule is CSc1ccc(CNc2ccccc2SC)cc1. The van der Waals surface area contributed by atoms with Crippen LogP contribution in [0.1, 0.15) is 5.56 Å². The van der Waals surface area contributed by atoms with Crippen molar-refractivity contribution in [2.45, 2.75) is 16.3 Å². The van der Waals surface area contributed by atoms with Crippen LogP contribution in [0.5, 0.6) is 0 Å². The van der Waals surface area contributed by atoms with Crippen LogP contribution in [0.3, 0.4) is 0 Å². The number of anilines is 1. The van der Waals surface area contributed by atoms with Gasteiger partial charge >= 0.3 is 0 Å². The zero-order valence-electron chi connectivity index (χ0n) is 10.6. The standard InChI is InChI=1S/C15H17NS2/c1-17-13-9-7-12(8-10-13)11-16-14-5-3-4-6-15(14)18-2/h3-10,16H,11H2,1-2H3. The minimum Gasteiger partial charge on any atom is -0.380 e. The van der Waals surface area contributed by atoms with Gasteiger partial charge in [-0.05, 0) is 42.3 Å². The molecule has 0 aliphatic carbocycles. The minimum absolute atomic E-state index is 0.867. The number of thioether (sulfide) groups is 2. The number of para-hydroxylation sites is 1. The molecule has 94 valence electrons. The average molecular weight is 275 g/mol. The van der Waals surface area contributed by atoms with Crippen molar-refractivity contribution >= 4 is 29.2 Å². The average Bonchev–Trinajstić information content (AvgIpc) is 2.46. The van der Waals surface area contributed by atoms with E-state index < -0.39 is 0 Å². The van der Waals surface area contributed by atoms with E-state index in [1.165, 1.54) is 21.0 Å². The van der Waals surface area contributed by atoms with E-state index in [1.807, 2.05) is 0 Å². The van der Waals surface area contributed by atoms with Crippen molar-refractivity contribution in [1.29, 1.82) is 0 Å². The summed E-state index contributed by atoms with van der Waals surface area (Å²) in [6.07, 6.45) is 4.20. The van der Waals surface area contributed by atoms with Crippen LogP contribution in [0.15, 0.2) is 58.3 Å². The van der Waals surface area contributed by atoms with Gasteiger partial charge in [0.15, 0.2) is 0 Å². The van der Waals surface area contributed by atoms with Gasteiger partial charge in [-0.2, -0.15) is 0 Å². The monoisotopic (exact) mass is 275 g/mol. The van der Waals surface area contributed by atoms with Gasteiger partial charge in [0, 0.05) is 22.0 Å². The smallest absolute Gasteiger partial charge is 0.0480 e. The molecule has 0 atom stereocenters. The number of hydrogen-bond donors (Lipinski definition) is 1. The molecular formula is C15H17NS2. The largest absolute Gasteiger partial charge is 0.380 e. The first-order valence-corrected chi connectivity index (χ1v) is 8.28. The minimum atomic E-state index is 0.867. The fourth-order valence-corrected chi connectivity index (χ4v) is 2.71. The lowest BCUT2D eigenvalue weighted by Gasteiger charge is -2.10. The van der Waals surface area contributed by atoms with E-state index in [1.54, 1.807) is 23.5 Å². The molecule has 3 heteroatoms. The molecule has 0 radical (unpaired) electrons. The fourth-order valence-electron chi connectivity index (χ4n) is 1.73. The number of benzene rings is 2. The number of hydrogen-bond acceptors (Lipinski definition) is 3. The normalized spacial score (nSPS) is 10.3. The lowest BCUT2D eigenvalue weighted by atomic mass is 10.2. The summed E-state index contributed by atoms with van der Waals surface area (Å²) in [5.74, 6) is 0. The van der Waals surface area contributed by atoms with Crippen LogP contribution >= 0.6 is 23.5 Å². The second kappa shape index (κ2) is 6.76. The van der Waals surface area contributed by atoms with Crippen molar-refractivity contribution in [2.75, 3.05) is 17.8 Å². The highest BCUT2D eigenvalue weighted by Crippen LogP contribution is 2.25. The number of nitrogens with one attached hydrogen (secondary N) is 1. The van der Waals surface area contributed by atoms with Crippen molar-refractivity contribution in [2.24, 2.45) is 0 Å². The van der Waals surface area contributed by atoms with Crippen LogP contribution in [0.2, 0.25) is 0 Å². The third kappa shape index (κ3) is 3.47. The molecule has 18 heavy (non-hydrogen) atoms. The highest BCUT2D eigenvalue weighted by Gasteiger charge is 2.00. The molecule has 0 aliphatic heterocycles. The molecule has 0 fully saturated rings. The van der Waals surface area contributed by atoms with E-state index in [4.69, 9.17) is 0 Å². The van der Waals surface area contributed by atoms with Gasteiger partial charge in [0.25, 0.3) is 0 Å². The van der Waals surface area contributed by atoms with E-state index in [0.717, 1.165) is 6.54 Å². The Kier molecular flexibility index (Phi) is 5.02. The zero-order valence-corrected chi connectivity index (χ0v) is 12.3. The maximum Gasteiger partial charge on any atom is 0.0480 e. The Hall–Kier alpha value is -1.06. The van der Waals surface area contributed by atoms with Crippen LogP contribution in [0.25, 0.3) is 0 Å². The van der Waals surface area contributed by atoms with Crippen LogP contribution in [-0.2, 0) is 6.54 Å². The van der Waals surface area contributed by atoms with E-state index in [9.17, 15) is 0 Å². The van der Waals surface area contributed by atoms with Gasteiger partial charge in [-0.3, -0.25) is 0 Å². The van der Waals surface area contributed by atoms with Gasteiger partial charge < -0.3 is 5.32 Å². The van der Waals surface area contributed by atoms with Crippen LogP contribution in [0, 0.1) is 0 Å². The highest BCUT2D eigenvalue weighted by atomic mass is 32.2.